The van der Waals surface area contributed by atoms with Gasteiger partial charge in [-0.25, -0.2) is 0 Å². The largest absolute Gasteiger partial charge is 0.353 e. The molecule has 0 saturated heterocycles. The molecule has 0 aliphatic heterocycles. The number of aromatic amines is 1. The lowest BCUT2D eigenvalue weighted by atomic mass is 9.77. The van der Waals surface area contributed by atoms with Gasteiger partial charge in [0.05, 0.1) is 10.2 Å². The highest BCUT2D eigenvalue weighted by molar-refractivity contribution is 7.26. The second-order valence-corrected chi connectivity index (χ2v) is 11.6. The molecule has 2 heteroatoms. The Labute approximate surface area is 215 Å². The molecule has 7 rings (SSSR count). The van der Waals surface area contributed by atoms with Crippen molar-refractivity contribution in [3.8, 4) is 11.1 Å². The number of fused-ring (bicyclic) bond motifs is 8. The molecular formula is C34H27NS. The van der Waals surface area contributed by atoms with Gasteiger partial charge in [-0.05, 0) is 63.9 Å². The Morgan fingerprint density at radius 1 is 0.806 bits per heavy atom. The van der Waals surface area contributed by atoms with E-state index in [9.17, 15) is 0 Å². The number of H-pyrrole nitrogens is 1. The lowest BCUT2D eigenvalue weighted by Gasteiger charge is -2.27. The molecule has 2 aromatic heterocycles. The maximum atomic E-state index is 4.35. The van der Waals surface area contributed by atoms with Crippen molar-refractivity contribution >= 4 is 58.9 Å². The molecule has 0 spiro atoms. The highest BCUT2D eigenvalue weighted by Gasteiger charge is 2.24. The highest BCUT2D eigenvalue weighted by Crippen LogP contribution is 2.42. The van der Waals surface area contributed by atoms with E-state index >= 15 is 0 Å². The summed E-state index contributed by atoms with van der Waals surface area (Å²) in [7, 11) is 0. The minimum absolute atomic E-state index is 0.0250. The van der Waals surface area contributed by atoms with Crippen LogP contribution in [0.1, 0.15) is 31.4 Å². The van der Waals surface area contributed by atoms with Gasteiger partial charge < -0.3 is 4.98 Å². The number of para-hydroxylation sites is 1. The third-order valence-corrected chi connectivity index (χ3v) is 8.92. The average molecular weight is 482 g/mol. The summed E-state index contributed by atoms with van der Waals surface area (Å²) in [4.78, 5) is 3.68. The first-order valence-corrected chi connectivity index (χ1v) is 13.3. The van der Waals surface area contributed by atoms with Crippen LogP contribution in [0.15, 0.2) is 104 Å². The van der Waals surface area contributed by atoms with E-state index in [0.29, 0.717) is 0 Å². The molecule has 174 valence electrons. The van der Waals surface area contributed by atoms with Crippen molar-refractivity contribution in [2.45, 2.75) is 25.7 Å². The molecule has 2 heterocycles. The Kier molecular flexibility index (Phi) is 4.64. The van der Waals surface area contributed by atoms with Gasteiger partial charge in [0, 0.05) is 31.8 Å². The molecule has 0 atom stereocenters. The van der Waals surface area contributed by atoms with E-state index in [1.54, 1.807) is 0 Å². The number of thiophene rings is 1. The lowest BCUT2D eigenvalue weighted by molar-refractivity contribution is 0.533. The van der Waals surface area contributed by atoms with E-state index in [0.717, 1.165) is 12.0 Å². The van der Waals surface area contributed by atoms with Crippen molar-refractivity contribution in [2.75, 3.05) is 0 Å². The van der Waals surface area contributed by atoms with Crippen LogP contribution in [-0.4, -0.2) is 4.98 Å². The third-order valence-electron chi connectivity index (χ3n) is 7.72. The van der Waals surface area contributed by atoms with E-state index in [2.05, 4.69) is 123 Å². The van der Waals surface area contributed by atoms with E-state index < -0.39 is 0 Å². The van der Waals surface area contributed by atoms with Gasteiger partial charge in [-0.2, -0.15) is 0 Å². The van der Waals surface area contributed by atoms with Crippen molar-refractivity contribution in [3.05, 3.63) is 115 Å². The molecule has 0 amide bonds. The van der Waals surface area contributed by atoms with Crippen LogP contribution in [0.4, 0.5) is 0 Å². The molecule has 0 unspecified atom stereocenters. The molecule has 1 nitrogen and oxygen atoms in total. The van der Waals surface area contributed by atoms with Crippen LogP contribution >= 0.6 is 11.3 Å². The Hall–Kier alpha value is -3.88. The van der Waals surface area contributed by atoms with Gasteiger partial charge in [0.15, 0.2) is 0 Å². The molecule has 0 fully saturated rings. The van der Waals surface area contributed by atoms with Crippen molar-refractivity contribution in [2.24, 2.45) is 0 Å². The van der Waals surface area contributed by atoms with Crippen molar-refractivity contribution in [1.82, 2.24) is 4.98 Å². The maximum Gasteiger partial charge on any atom is 0.0646 e. The van der Waals surface area contributed by atoms with Gasteiger partial charge >= 0.3 is 0 Å². The summed E-state index contributed by atoms with van der Waals surface area (Å²) in [5.41, 5.74) is 8.65. The number of allylic oxidation sites excluding steroid dienone is 5. The van der Waals surface area contributed by atoms with Crippen molar-refractivity contribution in [3.63, 3.8) is 0 Å². The van der Waals surface area contributed by atoms with Gasteiger partial charge in [0.1, 0.15) is 0 Å². The van der Waals surface area contributed by atoms with E-state index in [1.807, 2.05) is 11.3 Å². The molecule has 1 N–H and O–H groups in total. The summed E-state index contributed by atoms with van der Waals surface area (Å²) in [6, 6.07) is 27.0. The summed E-state index contributed by atoms with van der Waals surface area (Å²) < 4.78 is 2.66. The van der Waals surface area contributed by atoms with Crippen LogP contribution in [0.2, 0.25) is 0 Å². The minimum Gasteiger partial charge on any atom is -0.353 e. The van der Waals surface area contributed by atoms with E-state index in [-0.39, 0.29) is 5.41 Å². The van der Waals surface area contributed by atoms with Crippen molar-refractivity contribution in [1.29, 1.82) is 0 Å². The summed E-state index contributed by atoms with van der Waals surface area (Å²) in [5.74, 6) is 0. The maximum absolute atomic E-state index is 4.35. The molecule has 6 aromatic rings. The SMILES string of the molecule is C=C1/C=C\C=C/CC(C)(C)c2cc(-c3ccc4sc5c(ccc6c7ccccc7[nH]c65)c4c3)ccc21. The topological polar surface area (TPSA) is 15.8 Å². The number of aromatic nitrogens is 1. The summed E-state index contributed by atoms with van der Waals surface area (Å²) >= 11 is 1.88. The fourth-order valence-corrected chi connectivity index (χ4v) is 6.89. The Morgan fingerprint density at radius 3 is 2.53 bits per heavy atom. The first kappa shape index (κ1) is 21.4. The smallest absolute Gasteiger partial charge is 0.0646 e. The Bertz CT molecular complexity index is 1900. The summed E-state index contributed by atoms with van der Waals surface area (Å²) in [6.45, 7) is 9.02. The van der Waals surface area contributed by atoms with Gasteiger partial charge in [-0.1, -0.05) is 93.3 Å². The van der Waals surface area contributed by atoms with Crippen LogP contribution in [-0.2, 0) is 5.41 Å². The van der Waals surface area contributed by atoms with E-state index in [1.165, 1.54) is 64.2 Å². The highest BCUT2D eigenvalue weighted by atomic mass is 32.1. The van der Waals surface area contributed by atoms with Crippen LogP contribution in [0.3, 0.4) is 0 Å². The number of rotatable bonds is 1. The zero-order chi connectivity index (χ0) is 24.4. The standard InChI is InChI=1S/C34H27NS/c1-21-9-5-4-8-18-34(2,3)29-20-23(12-14-24(21)29)22-13-17-31-28(19-22)27-16-15-26-25-10-6-7-11-30(25)35-32(26)33(27)36-31/h4-17,19-20,35H,1,18H2,2-3H3/b8-4-,9-5-. The number of benzene rings is 4. The average Bonchev–Trinajstić information content (AvgIpc) is 3.46. The predicted molar refractivity (Wildman–Crippen MR) is 159 cm³/mol. The van der Waals surface area contributed by atoms with Gasteiger partial charge in [-0.15, -0.1) is 11.3 Å². The van der Waals surface area contributed by atoms with Crippen molar-refractivity contribution < 1.29 is 0 Å². The summed E-state index contributed by atoms with van der Waals surface area (Å²) in [5, 5.41) is 5.24. The first-order valence-electron chi connectivity index (χ1n) is 12.5. The monoisotopic (exact) mass is 481 g/mol. The quantitative estimate of drug-likeness (QED) is 0.240. The van der Waals surface area contributed by atoms with E-state index in [4.69, 9.17) is 0 Å². The molecular weight excluding hydrogens is 454 g/mol. The minimum atomic E-state index is 0.0250. The zero-order valence-electron chi connectivity index (χ0n) is 20.6. The van der Waals surface area contributed by atoms with Crippen LogP contribution < -0.4 is 0 Å². The fraction of sp³-hybridized carbons (Fsp3) is 0.118. The van der Waals surface area contributed by atoms with Gasteiger partial charge in [0.2, 0.25) is 0 Å². The zero-order valence-corrected chi connectivity index (χ0v) is 21.4. The lowest BCUT2D eigenvalue weighted by Crippen LogP contribution is -2.18. The molecule has 0 radical (unpaired) electrons. The predicted octanol–water partition coefficient (Wildman–Crippen LogP) is 10.2. The first-order chi connectivity index (χ1) is 17.5. The molecule has 1 aliphatic carbocycles. The molecule has 0 bridgehead atoms. The summed E-state index contributed by atoms with van der Waals surface area (Å²) in [6.07, 6.45) is 9.61. The van der Waals surface area contributed by atoms with Crippen LogP contribution in [0, 0.1) is 0 Å². The molecule has 36 heavy (non-hydrogen) atoms. The number of hydrogen-bond donors (Lipinski definition) is 1. The fourth-order valence-electron chi connectivity index (χ4n) is 5.71. The molecule has 4 aromatic carbocycles. The third kappa shape index (κ3) is 3.22. The second kappa shape index (κ2) is 7.81. The Balaban J connectivity index is 1.42. The normalized spacial score (nSPS) is 17.2. The van der Waals surface area contributed by atoms with Gasteiger partial charge in [-0.3, -0.25) is 0 Å². The second-order valence-electron chi connectivity index (χ2n) is 10.5. The Morgan fingerprint density at radius 2 is 1.61 bits per heavy atom. The molecule has 0 saturated carbocycles. The molecule has 1 aliphatic rings. The van der Waals surface area contributed by atoms with Crippen LogP contribution in [0.5, 0.6) is 0 Å². The number of nitrogens with one attached hydrogen (secondary N) is 1. The number of hydrogen-bond acceptors (Lipinski definition) is 1. The van der Waals surface area contributed by atoms with Gasteiger partial charge in [0.25, 0.3) is 0 Å². The van der Waals surface area contributed by atoms with Crippen LogP contribution in [0.25, 0.3) is 58.7 Å².